The molecule has 1 heterocycles. The molecule has 4 aromatic rings. The number of likely N-dealkylation sites (tertiary alicyclic amines) is 1. The molecule has 0 spiro atoms. The SMILES string of the molecule is COc1ccc(C2CCN(CCC(CN(C(=O)c3cc(C#N)cc4ccccc34)C(C)CCC(=O)O)c3ccc(Cl)c(Cl)c3)CC2)c([S@](C)=O)c1. The van der Waals surface area contributed by atoms with Crippen LogP contribution in [0.2, 0.25) is 10.0 Å². The Morgan fingerprint density at radius 2 is 1.78 bits per heavy atom. The first-order valence-corrected chi connectivity index (χ1v) is 19.4. The molecule has 0 aliphatic carbocycles. The highest BCUT2D eigenvalue weighted by Crippen LogP contribution is 2.35. The fraction of sp³-hybridized carbons (Fsp3) is 0.375. The van der Waals surface area contributed by atoms with E-state index in [0.717, 1.165) is 59.3 Å². The van der Waals surface area contributed by atoms with Gasteiger partial charge in [-0.1, -0.05) is 59.6 Å². The van der Waals surface area contributed by atoms with Crippen molar-refractivity contribution < 1.29 is 23.6 Å². The van der Waals surface area contributed by atoms with Crippen LogP contribution in [0.25, 0.3) is 10.8 Å². The van der Waals surface area contributed by atoms with Crippen molar-refractivity contribution in [3.05, 3.63) is 105 Å². The molecular formula is C40H43Cl2N3O5S. The molecule has 0 radical (unpaired) electrons. The minimum atomic E-state index is -1.13. The predicted molar refractivity (Wildman–Crippen MR) is 204 cm³/mol. The van der Waals surface area contributed by atoms with Crippen LogP contribution in [-0.4, -0.2) is 76.6 Å². The summed E-state index contributed by atoms with van der Waals surface area (Å²) in [6, 6.07) is 24.1. The summed E-state index contributed by atoms with van der Waals surface area (Å²) in [4.78, 5) is 31.2. The number of nitriles is 1. The number of fused-ring (bicyclic) bond motifs is 1. The lowest BCUT2D eigenvalue weighted by Gasteiger charge is -2.36. The Labute approximate surface area is 312 Å². The van der Waals surface area contributed by atoms with Crippen LogP contribution in [0.4, 0.5) is 0 Å². The molecule has 5 rings (SSSR count). The van der Waals surface area contributed by atoms with Crippen LogP contribution in [0.15, 0.2) is 77.7 Å². The minimum Gasteiger partial charge on any atom is -0.497 e. The van der Waals surface area contributed by atoms with Gasteiger partial charge in [0.15, 0.2) is 0 Å². The summed E-state index contributed by atoms with van der Waals surface area (Å²) in [5.41, 5.74) is 2.84. The highest BCUT2D eigenvalue weighted by Gasteiger charge is 2.30. The van der Waals surface area contributed by atoms with Gasteiger partial charge in [-0.05, 0) is 116 Å². The van der Waals surface area contributed by atoms with Gasteiger partial charge >= 0.3 is 5.97 Å². The van der Waals surface area contributed by atoms with Crippen LogP contribution in [-0.2, 0) is 15.6 Å². The third-order valence-electron chi connectivity index (χ3n) is 9.97. The number of carboxylic acids is 1. The Hall–Kier alpha value is -3.94. The monoisotopic (exact) mass is 747 g/mol. The van der Waals surface area contributed by atoms with E-state index in [9.17, 15) is 24.2 Å². The van der Waals surface area contributed by atoms with Gasteiger partial charge in [-0.2, -0.15) is 5.26 Å². The highest BCUT2D eigenvalue weighted by atomic mass is 35.5. The summed E-state index contributed by atoms with van der Waals surface area (Å²) in [5, 5.41) is 21.7. The number of aliphatic carboxylic acids is 1. The summed E-state index contributed by atoms with van der Waals surface area (Å²) >= 11 is 12.9. The zero-order valence-electron chi connectivity index (χ0n) is 29.1. The first-order chi connectivity index (χ1) is 24.5. The van der Waals surface area contributed by atoms with E-state index in [-0.39, 0.29) is 24.7 Å². The van der Waals surface area contributed by atoms with Gasteiger partial charge in [0, 0.05) is 41.6 Å². The zero-order valence-corrected chi connectivity index (χ0v) is 31.4. The van der Waals surface area contributed by atoms with Gasteiger partial charge in [-0.15, -0.1) is 0 Å². The van der Waals surface area contributed by atoms with E-state index in [2.05, 4.69) is 11.0 Å². The molecule has 2 unspecified atom stereocenters. The van der Waals surface area contributed by atoms with Crippen LogP contribution < -0.4 is 4.74 Å². The lowest BCUT2D eigenvalue weighted by atomic mass is 9.88. The fourth-order valence-electron chi connectivity index (χ4n) is 7.06. The topological polar surface area (TPSA) is 111 Å². The van der Waals surface area contributed by atoms with Crippen LogP contribution in [0.5, 0.6) is 5.75 Å². The number of carboxylic acid groups (broad SMARTS) is 1. The molecule has 1 N–H and O–H groups in total. The third-order valence-corrected chi connectivity index (χ3v) is 11.7. The van der Waals surface area contributed by atoms with Gasteiger partial charge in [0.2, 0.25) is 0 Å². The van der Waals surface area contributed by atoms with Crippen LogP contribution in [0.3, 0.4) is 0 Å². The summed E-state index contributed by atoms with van der Waals surface area (Å²) in [5.74, 6) is -0.335. The molecule has 51 heavy (non-hydrogen) atoms. The molecule has 1 aliphatic heterocycles. The summed E-state index contributed by atoms with van der Waals surface area (Å²) < 4.78 is 18.0. The van der Waals surface area contributed by atoms with Crippen molar-refractivity contribution in [1.29, 1.82) is 5.26 Å². The second kappa shape index (κ2) is 17.5. The Bertz CT molecular complexity index is 1960. The second-order valence-electron chi connectivity index (χ2n) is 13.2. The maximum Gasteiger partial charge on any atom is 0.303 e. The maximum atomic E-state index is 14.6. The largest absolute Gasteiger partial charge is 0.497 e. The molecule has 1 saturated heterocycles. The fourth-order valence-corrected chi connectivity index (χ4v) is 8.21. The molecular weight excluding hydrogens is 705 g/mol. The molecule has 1 fully saturated rings. The molecule has 0 saturated carbocycles. The van der Waals surface area contributed by atoms with Crippen LogP contribution >= 0.6 is 23.2 Å². The van der Waals surface area contributed by atoms with Crippen molar-refractivity contribution in [3.63, 3.8) is 0 Å². The standard InChI is InChI=1S/C40H43Cl2N3O5S/c1-26(8-13-39(46)47)45(40(48)35-21-27(24-43)20-30-6-4-5-7-33(30)35)25-31(29-9-12-36(41)37(42)22-29)16-19-44-17-14-28(15-18-44)34-11-10-32(50-2)23-38(34)51(3)49/h4-7,9-12,20-23,26,28,31H,8,13-19,25H2,1-3H3,(H,46,47)/t26?,31?,51-/m0/s1. The van der Waals surface area contributed by atoms with E-state index in [0.29, 0.717) is 45.8 Å². The summed E-state index contributed by atoms with van der Waals surface area (Å²) in [6.45, 7) is 4.70. The van der Waals surface area contributed by atoms with Gasteiger partial charge in [0.25, 0.3) is 5.91 Å². The summed E-state index contributed by atoms with van der Waals surface area (Å²) in [7, 11) is 0.478. The molecule has 268 valence electrons. The van der Waals surface area contributed by atoms with E-state index in [1.807, 2.05) is 61.5 Å². The van der Waals surface area contributed by atoms with Crippen LogP contribution in [0, 0.1) is 11.3 Å². The second-order valence-corrected chi connectivity index (χ2v) is 15.4. The van der Waals surface area contributed by atoms with Gasteiger partial charge in [0.1, 0.15) is 5.75 Å². The molecule has 0 bridgehead atoms. The normalized spacial score (nSPS) is 15.5. The van der Waals surface area contributed by atoms with Crippen molar-refractivity contribution in [1.82, 2.24) is 9.80 Å². The first-order valence-electron chi connectivity index (χ1n) is 17.1. The van der Waals surface area contributed by atoms with Crippen molar-refractivity contribution in [2.45, 2.75) is 61.8 Å². The lowest BCUT2D eigenvalue weighted by Crippen LogP contribution is -2.42. The van der Waals surface area contributed by atoms with E-state index in [1.165, 1.54) is 0 Å². The van der Waals surface area contributed by atoms with Crippen molar-refractivity contribution in [2.24, 2.45) is 0 Å². The number of ether oxygens (including phenoxy) is 1. The number of halogens is 2. The predicted octanol–water partition coefficient (Wildman–Crippen LogP) is 8.51. The molecule has 0 aromatic heterocycles. The first kappa shape index (κ1) is 38.3. The number of hydrogen-bond acceptors (Lipinski definition) is 6. The number of hydrogen-bond donors (Lipinski definition) is 1. The molecule has 1 aliphatic rings. The highest BCUT2D eigenvalue weighted by molar-refractivity contribution is 7.84. The van der Waals surface area contributed by atoms with Gasteiger partial charge in [-0.3, -0.25) is 13.8 Å². The van der Waals surface area contributed by atoms with Gasteiger partial charge < -0.3 is 19.6 Å². The number of amides is 1. The number of carbonyl (C=O) groups excluding carboxylic acids is 1. The van der Waals surface area contributed by atoms with Gasteiger partial charge in [-0.25, -0.2) is 0 Å². The minimum absolute atomic E-state index is 0.0855. The molecule has 11 heteroatoms. The molecule has 8 nitrogen and oxygen atoms in total. The molecule has 1 amide bonds. The number of nitrogens with zero attached hydrogens (tertiary/aromatic N) is 3. The number of piperidine rings is 1. The number of methoxy groups -OCH3 is 1. The Balaban J connectivity index is 1.40. The van der Waals surface area contributed by atoms with Crippen LogP contribution in [0.1, 0.15) is 77.9 Å². The third kappa shape index (κ3) is 9.49. The zero-order chi connectivity index (χ0) is 36.7. The van der Waals surface area contributed by atoms with Crippen molar-refractivity contribution in [3.8, 4) is 11.8 Å². The van der Waals surface area contributed by atoms with Crippen molar-refractivity contribution in [2.75, 3.05) is 39.5 Å². The van der Waals surface area contributed by atoms with E-state index < -0.39 is 22.8 Å². The maximum absolute atomic E-state index is 14.6. The lowest BCUT2D eigenvalue weighted by molar-refractivity contribution is -0.137. The Morgan fingerprint density at radius 1 is 1.04 bits per heavy atom. The molecule has 3 atom stereocenters. The van der Waals surface area contributed by atoms with E-state index in [4.69, 9.17) is 27.9 Å². The Morgan fingerprint density at radius 3 is 2.45 bits per heavy atom. The van der Waals surface area contributed by atoms with E-state index >= 15 is 0 Å². The Kier molecular flexibility index (Phi) is 13.2. The number of rotatable bonds is 14. The smallest absolute Gasteiger partial charge is 0.303 e. The summed E-state index contributed by atoms with van der Waals surface area (Å²) in [6.07, 6.45) is 4.45. The number of carbonyl (C=O) groups is 2. The average molecular weight is 749 g/mol. The van der Waals surface area contributed by atoms with Gasteiger partial charge in [0.05, 0.1) is 39.6 Å². The molecule has 4 aromatic carbocycles. The van der Waals surface area contributed by atoms with E-state index in [1.54, 1.807) is 36.5 Å². The average Bonchev–Trinajstić information content (AvgIpc) is 3.14. The number of benzene rings is 4. The quantitative estimate of drug-likeness (QED) is 0.138. The van der Waals surface area contributed by atoms with Crippen molar-refractivity contribution >= 4 is 56.7 Å².